The Labute approximate surface area is 154 Å². The Balaban J connectivity index is 1.80. The van der Waals surface area contributed by atoms with E-state index in [1.807, 2.05) is 56.3 Å². The average molecular weight is 397 g/mol. The molecule has 3 rings (SSSR count). The average Bonchev–Trinajstić information content (AvgIpc) is 2.60. The quantitative estimate of drug-likeness (QED) is 0.661. The first-order valence-corrected chi connectivity index (χ1v) is 8.55. The molecule has 0 aliphatic carbocycles. The minimum Gasteiger partial charge on any atom is -0.323 e. The topological polar surface area (TPSA) is 66.9 Å². The van der Waals surface area contributed by atoms with E-state index in [0.29, 0.717) is 11.6 Å². The zero-order valence-corrected chi connectivity index (χ0v) is 15.5. The van der Waals surface area contributed by atoms with Gasteiger partial charge < -0.3 is 10.6 Å². The van der Waals surface area contributed by atoms with E-state index in [4.69, 9.17) is 0 Å². The molecule has 0 aliphatic heterocycles. The molecule has 1 heterocycles. The van der Waals surface area contributed by atoms with Gasteiger partial charge >= 0.3 is 0 Å². The molecule has 2 aromatic carbocycles. The van der Waals surface area contributed by atoms with Gasteiger partial charge in [-0.2, -0.15) is 0 Å². The van der Waals surface area contributed by atoms with Gasteiger partial charge in [-0.05, 0) is 65.2 Å². The maximum Gasteiger partial charge on any atom is 0.274 e. The molecule has 3 aromatic rings. The third kappa shape index (κ3) is 4.22. The summed E-state index contributed by atoms with van der Waals surface area (Å²) < 4.78 is 0.892. The number of amides is 1. The molecule has 0 unspecified atom stereocenters. The Morgan fingerprint density at radius 2 is 1.84 bits per heavy atom. The lowest BCUT2D eigenvalue weighted by atomic mass is 10.1. The summed E-state index contributed by atoms with van der Waals surface area (Å²) in [6.45, 7) is 3.94. The van der Waals surface area contributed by atoms with Gasteiger partial charge in [-0.25, -0.2) is 9.97 Å². The van der Waals surface area contributed by atoms with Crippen molar-refractivity contribution in [3.63, 3.8) is 0 Å². The van der Waals surface area contributed by atoms with E-state index in [9.17, 15) is 4.79 Å². The van der Waals surface area contributed by atoms with Crippen molar-refractivity contribution in [3.8, 4) is 0 Å². The molecule has 25 heavy (non-hydrogen) atoms. The lowest BCUT2D eigenvalue weighted by Crippen LogP contribution is -2.15. The van der Waals surface area contributed by atoms with Crippen LogP contribution in [-0.2, 0) is 0 Å². The molecule has 1 amide bonds. The van der Waals surface area contributed by atoms with Crippen molar-refractivity contribution < 1.29 is 4.79 Å². The highest BCUT2D eigenvalue weighted by Crippen LogP contribution is 2.24. The molecule has 0 saturated heterocycles. The maximum atomic E-state index is 12.5. The Bertz CT molecular complexity index is 927. The van der Waals surface area contributed by atoms with Crippen molar-refractivity contribution in [2.24, 2.45) is 0 Å². The summed E-state index contributed by atoms with van der Waals surface area (Å²) >= 11 is 3.46. The van der Waals surface area contributed by atoms with Gasteiger partial charge in [0.25, 0.3) is 5.91 Å². The highest BCUT2D eigenvalue weighted by Gasteiger charge is 2.11. The third-order valence-electron chi connectivity index (χ3n) is 3.65. The monoisotopic (exact) mass is 396 g/mol. The largest absolute Gasteiger partial charge is 0.323 e. The van der Waals surface area contributed by atoms with Crippen LogP contribution in [0.3, 0.4) is 0 Å². The number of benzene rings is 2. The molecule has 0 spiro atoms. The fourth-order valence-electron chi connectivity index (χ4n) is 2.29. The Hall–Kier alpha value is -2.73. The molecule has 0 radical (unpaired) electrons. The van der Waals surface area contributed by atoms with Crippen molar-refractivity contribution >= 4 is 39.2 Å². The molecule has 1 aromatic heterocycles. The second-order valence-corrected chi connectivity index (χ2v) is 6.50. The van der Waals surface area contributed by atoms with Gasteiger partial charge in [-0.1, -0.05) is 24.3 Å². The zero-order chi connectivity index (χ0) is 17.8. The minimum absolute atomic E-state index is 0.272. The number of rotatable bonds is 4. The predicted octanol–water partition coefficient (Wildman–Crippen LogP) is 4.85. The van der Waals surface area contributed by atoms with E-state index in [0.717, 1.165) is 27.0 Å². The van der Waals surface area contributed by atoms with Gasteiger partial charge in [-0.3, -0.25) is 4.79 Å². The molecule has 6 heteroatoms. The smallest absolute Gasteiger partial charge is 0.274 e. The van der Waals surface area contributed by atoms with Crippen LogP contribution in [0, 0.1) is 13.8 Å². The van der Waals surface area contributed by atoms with Gasteiger partial charge in [0.15, 0.2) is 0 Å². The number of anilines is 3. The van der Waals surface area contributed by atoms with Crippen LogP contribution < -0.4 is 10.6 Å². The number of hydrogen-bond donors (Lipinski definition) is 2. The number of nitrogens with zero attached hydrogens (tertiary/aromatic N) is 2. The molecule has 0 bridgehead atoms. The van der Waals surface area contributed by atoms with Crippen LogP contribution in [0.5, 0.6) is 0 Å². The Morgan fingerprint density at radius 1 is 1.04 bits per heavy atom. The summed E-state index contributed by atoms with van der Waals surface area (Å²) in [5, 5.41) is 6.01. The van der Waals surface area contributed by atoms with E-state index in [2.05, 4.69) is 36.5 Å². The van der Waals surface area contributed by atoms with E-state index in [1.165, 1.54) is 0 Å². The molecular formula is C19H17BrN4O. The highest BCUT2D eigenvalue weighted by molar-refractivity contribution is 9.10. The van der Waals surface area contributed by atoms with E-state index in [1.54, 1.807) is 12.3 Å². The first-order valence-electron chi connectivity index (χ1n) is 7.76. The van der Waals surface area contributed by atoms with Crippen LogP contribution >= 0.6 is 15.9 Å². The van der Waals surface area contributed by atoms with Gasteiger partial charge in [0.2, 0.25) is 5.95 Å². The van der Waals surface area contributed by atoms with Crippen LogP contribution in [0.1, 0.15) is 21.6 Å². The standard InChI is InChI=1S/C19H17BrN4O/c1-12-7-8-13(2)17(11-12)22-18(25)16-9-10-21-19(24-16)23-15-6-4-3-5-14(15)20/h3-11H,1-2H3,(H,22,25)(H,21,23,24). The fraction of sp³-hybridized carbons (Fsp3) is 0.105. The number of para-hydroxylation sites is 1. The van der Waals surface area contributed by atoms with Crippen molar-refractivity contribution in [2.45, 2.75) is 13.8 Å². The molecule has 0 saturated carbocycles. The van der Waals surface area contributed by atoms with E-state index in [-0.39, 0.29) is 5.91 Å². The first kappa shape index (κ1) is 17.1. The lowest BCUT2D eigenvalue weighted by molar-refractivity contribution is 0.102. The summed E-state index contributed by atoms with van der Waals surface area (Å²) in [6, 6.07) is 15.2. The molecule has 2 N–H and O–H groups in total. The summed E-state index contributed by atoms with van der Waals surface area (Å²) in [4.78, 5) is 21.0. The number of nitrogens with one attached hydrogen (secondary N) is 2. The minimum atomic E-state index is -0.272. The number of aromatic nitrogens is 2. The summed E-state index contributed by atoms with van der Waals surface area (Å²) in [5.74, 6) is 0.0896. The molecular weight excluding hydrogens is 380 g/mol. The van der Waals surface area contributed by atoms with Gasteiger partial charge in [0.1, 0.15) is 5.69 Å². The van der Waals surface area contributed by atoms with Crippen molar-refractivity contribution in [1.82, 2.24) is 9.97 Å². The van der Waals surface area contributed by atoms with Crippen molar-refractivity contribution in [2.75, 3.05) is 10.6 Å². The van der Waals surface area contributed by atoms with E-state index >= 15 is 0 Å². The number of hydrogen-bond acceptors (Lipinski definition) is 4. The van der Waals surface area contributed by atoms with Crippen molar-refractivity contribution in [1.29, 1.82) is 0 Å². The molecule has 0 atom stereocenters. The zero-order valence-electron chi connectivity index (χ0n) is 13.9. The van der Waals surface area contributed by atoms with Gasteiger partial charge in [-0.15, -0.1) is 0 Å². The van der Waals surface area contributed by atoms with Crippen LogP contribution in [0.15, 0.2) is 59.2 Å². The molecule has 0 fully saturated rings. The number of carbonyl (C=O) groups is 1. The molecule has 0 aliphatic rings. The normalized spacial score (nSPS) is 10.4. The van der Waals surface area contributed by atoms with E-state index < -0.39 is 0 Å². The third-order valence-corrected chi connectivity index (χ3v) is 4.34. The number of carbonyl (C=O) groups excluding carboxylic acids is 1. The lowest BCUT2D eigenvalue weighted by Gasteiger charge is -2.10. The Morgan fingerprint density at radius 3 is 2.64 bits per heavy atom. The maximum absolute atomic E-state index is 12.5. The fourth-order valence-corrected chi connectivity index (χ4v) is 2.67. The summed E-state index contributed by atoms with van der Waals surface area (Å²) in [6.07, 6.45) is 1.56. The van der Waals surface area contributed by atoms with Crippen molar-refractivity contribution in [3.05, 3.63) is 76.0 Å². The van der Waals surface area contributed by atoms with Crippen LogP contribution in [0.2, 0.25) is 0 Å². The first-order chi connectivity index (χ1) is 12.0. The Kier molecular flexibility index (Phi) is 5.09. The summed E-state index contributed by atoms with van der Waals surface area (Å²) in [5.41, 5.74) is 3.99. The summed E-state index contributed by atoms with van der Waals surface area (Å²) in [7, 11) is 0. The number of halogens is 1. The van der Waals surface area contributed by atoms with Crippen LogP contribution in [0.4, 0.5) is 17.3 Å². The van der Waals surface area contributed by atoms with Gasteiger partial charge in [0.05, 0.1) is 5.69 Å². The molecule has 126 valence electrons. The SMILES string of the molecule is Cc1ccc(C)c(NC(=O)c2ccnc(Nc3ccccc3Br)n2)c1. The molecule has 5 nitrogen and oxygen atoms in total. The predicted molar refractivity (Wildman–Crippen MR) is 103 cm³/mol. The highest BCUT2D eigenvalue weighted by atomic mass is 79.9. The number of aryl methyl sites for hydroxylation is 2. The van der Waals surface area contributed by atoms with Crippen LogP contribution in [0.25, 0.3) is 0 Å². The second-order valence-electron chi connectivity index (χ2n) is 5.64. The second kappa shape index (κ2) is 7.44. The van der Waals surface area contributed by atoms with Gasteiger partial charge in [0, 0.05) is 16.4 Å². The van der Waals surface area contributed by atoms with Crippen LogP contribution in [-0.4, -0.2) is 15.9 Å².